The second kappa shape index (κ2) is 3.79. The molecule has 82 valence electrons. The van der Waals surface area contributed by atoms with Crippen LogP contribution >= 0.6 is 0 Å². The van der Waals surface area contributed by atoms with E-state index in [0.29, 0.717) is 5.39 Å². The lowest BCUT2D eigenvalue weighted by Crippen LogP contribution is -2.17. The molecule has 1 heterocycles. The molecule has 0 aliphatic heterocycles. The Hall–Kier alpha value is -2.14. The predicted molar refractivity (Wildman–Crippen MR) is 55.4 cm³/mol. The van der Waals surface area contributed by atoms with Gasteiger partial charge in [0.25, 0.3) is 0 Å². The third-order valence-electron chi connectivity index (χ3n) is 2.29. The van der Waals surface area contributed by atoms with E-state index in [9.17, 15) is 9.59 Å². The van der Waals surface area contributed by atoms with Gasteiger partial charge in [0.05, 0.1) is 6.61 Å². The van der Waals surface area contributed by atoms with Crippen LogP contribution in [-0.2, 0) is 6.61 Å². The molecule has 2 N–H and O–H groups in total. The van der Waals surface area contributed by atoms with Crippen LogP contribution in [0.1, 0.15) is 15.9 Å². The molecule has 1 aromatic carbocycles. The van der Waals surface area contributed by atoms with Gasteiger partial charge in [-0.3, -0.25) is 0 Å². The fourth-order valence-corrected chi connectivity index (χ4v) is 1.59. The molecule has 0 saturated heterocycles. The molecule has 1 aromatic heterocycles. The summed E-state index contributed by atoms with van der Waals surface area (Å²) in [7, 11) is 0. The van der Waals surface area contributed by atoms with Crippen LogP contribution in [0.4, 0.5) is 0 Å². The maximum absolute atomic E-state index is 11.4. The van der Waals surface area contributed by atoms with Crippen LogP contribution < -0.4 is 5.63 Å². The van der Waals surface area contributed by atoms with Gasteiger partial charge < -0.3 is 14.6 Å². The minimum Gasteiger partial charge on any atom is -0.477 e. The van der Waals surface area contributed by atoms with Crippen LogP contribution in [0, 0.1) is 0 Å². The maximum Gasteiger partial charge on any atom is 0.351 e. The van der Waals surface area contributed by atoms with Crippen LogP contribution in [0.2, 0.25) is 0 Å². The third-order valence-corrected chi connectivity index (χ3v) is 2.29. The van der Waals surface area contributed by atoms with E-state index in [-0.39, 0.29) is 11.1 Å². The molecule has 0 bridgehead atoms. The van der Waals surface area contributed by atoms with E-state index in [4.69, 9.17) is 14.6 Å². The summed E-state index contributed by atoms with van der Waals surface area (Å²) in [6.45, 7) is -0.520. The van der Waals surface area contributed by atoms with Crippen molar-refractivity contribution in [3.63, 3.8) is 0 Å². The molecule has 5 heteroatoms. The summed E-state index contributed by atoms with van der Waals surface area (Å²) in [5, 5.41) is 18.4. The minimum absolute atomic E-state index is 0.0827. The molecule has 0 aliphatic rings. The molecular weight excluding hydrogens is 212 g/mol. The van der Waals surface area contributed by atoms with E-state index in [2.05, 4.69) is 0 Å². The molecule has 0 atom stereocenters. The van der Waals surface area contributed by atoms with Crippen molar-refractivity contribution < 1.29 is 19.4 Å². The number of hydrogen-bond acceptors (Lipinski definition) is 4. The topological polar surface area (TPSA) is 87.7 Å². The van der Waals surface area contributed by atoms with Gasteiger partial charge in [-0.15, -0.1) is 0 Å². The molecular formula is C11H8O5. The largest absolute Gasteiger partial charge is 0.477 e. The highest BCUT2D eigenvalue weighted by molar-refractivity contribution is 5.94. The number of para-hydroxylation sites is 1. The van der Waals surface area contributed by atoms with Gasteiger partial charge in [0, 0.05) is 10.9 Å². The minimum atomic E-state index is -1.40. The molecule has 0 radical (unpaired) electrons. The Balaban J connectivity index is 2.96. The summed E-state index contributed by atoms with van der Waals surface area (Å²) in [6, 6.07) is 6.47. The number of hydrogen-bond donors (Lipinski definition) is 2. The lowest BCUT2D eigenvalue weighted by molar-refractivity contribution is 0.0689. The zero-order valence-electron chi connectivity index (χ0n) is 8.14. The Bertz CT molecular complexity index is 611. The number of aliphatic hydroxyl groups is 1. The van der Waals surface area contributed by atoms with Gasteiger partial charge in [-0.1, -0.05) is 18.2 Å². The Labute approximate surface area is 89.6 Å². The average molecular weight is 220 g/mol. The van der Waals surface area contributed by atoms with Crippen molar-refractivity contribution >= 4 is 16.9 Å². The van der Waals surface area contributed by atoms with Gasteiger partial charge in [0.2, 0.25) is 0 Å². The molecule has 5 nitrogen and oxygen atoms in total. The first-order chi connectivity index (χ1) is 7.65. The molecule has 0 fully saturated rings. The van der Waals surface area contributed by atoms with Crippen molar-refractivity contribution in [3.8, 4) is 0 Å². The average Bonchev–Trinajstić information content (AvgIpc) is 2.26. The monoisotopic (exact) mass is 220 g/mol. The van der Waals surface area contributed by atoms with Crippen molar-refractivity contribution in [2.24, 2.45) is 0 Å². The van der Waals surface area contributed by atoms with Gasteiger partial charge in [0.1, 0.15) is 5.58 Å². The number of benzene rings is 1. The van der Waals surface area contributed by atoms with Crippen molar-refractivity contribution in [1.82, 2.24) is 0 Å². The SMILES string of the molecule is O=C(O)c1c(CO)c2ccccc2oc1=O. The summed E-state index contributed by atoms with van der Waals surface area (Å²) < 4.78 is 4.85. The number of rotatable bonds is 2. The molecule has 2 aromatic rings. The summed E-state index contributed by atoms with van der Waals surface area (Å²) in [4.78, 5) is 22.3. The highest BCUT2D eigenvalue weighted by Crippen LogP contribution is 2.19. The highest BCUT2D eigenvalue weighted by Gasteiger charge is 2.19. The Morgan fingerprint density at radius 1 is 1.31 bits per heavy atom. The van der Waals surface area contributed by atoms with Gasteiger partial charge in [-0.2, -0.15) is 0 Å². The highest BCUT2D eigenvalue weighted by atomic mass is 16.4. The van der Waals surface area contributed by atoms with Gasteiger partial charge in [0.15, 0.2) is 5.56 Å². The first-order valence-electron chi connectivity index (χ1n) is 4.54. The first kappa shape index (κ1) is 10.4. The van der Waals surface area contributed by atoms with Crippen molar-refractivity contribution in [2.75, 3.05) is 0 Å². The smallest absolute Gasteiger partial charge is 0.351 e. The van der Waals surface area contributed by atoms with Crippen LogP contribution in [0.3, 0.4) is 0 Å². The number of carboxylic acid groups (broad SMARTS) is 1. The van der Waals surface area contributed by atoms with E-state index in [0.717, 1.165) is 0 Å². The summed E-state index contributed by atoms with van der Waals surface area (Å²) >= 11 is 0. The summed E-state index contributed by atoms with van der Waals surface area (Å²) in [5.74, 6) is -1.40. The summed E-state index contributed by atoms with van der Waals surface area (Å²) in [5.41, 5.74) is -1.11. The fourth-order valence-electron chi connectivity index (χ4n) is 1.59. The second-order valence-electron chi connectivity index (χ2n) is 3.20. The number of carboxylic acids is 1. The normalized spacial score (nSPS) is 10.6. The van der Waals surface area contributed by atoms with Crippen LogP contribution in [0.15, 0.2) is 33.5 Å². The van der Waals surface area contributed by atoms with Crippen molar-refractivity contribution in [3.05, 3.63) is 45.8 Å². The molecule has 2 rings (SSSR count). The van der Waals surface area contributed by atoms with Crippen molar-refractivity contribution in [2.45, 2.75) is 6.61 Å². The molecule has 16 heavy (non-hydrogen) atoms. The molecule has 0 unspecified atom stereocenters. The van der Waals surface area contributed by atoms with Crippen LogP contribution in [0.5, 0.6) is 0 Å². The lowest BCUT2D eigenvalue weighted by Gasteiger charge is -2.05. The number of fused-ring (bicyclic) bond motifs is 1. The van der Waals surface area contributed by atoms with E-state index < -0.39 is 23.8 Å². The number of carbonyl (C=O) groups is 1. The third kappa shape index (κ3) is 1.47. The predicted octanol–water partition coefficient (Wildman–Crippen LogP) is 0.984. The zero-order chi connectivity index (χ0) is 11.7. The molecule has 0 amide bonds. The van der Waals surface area contributed by atoms with Gasteiger partial charge in [-0.25, -0.2) is 9.59 Å². The van der Waals surface area contributed by atoms with E-state index in [1.165, 1.54) is 0 Å². The van der Waals surface area contributed by atoms with E-state index in [1.807, 2.05) is 0 Å². The van der Waals surface area contributed by atoms with E-state index in [1.54, 1.807) is 24.3 Å². The maximum atomic E-state index is 11.4. The first-order valence-corrected chi connectivity index (χ1v) is 4.54. The van der Waals surface area contributed by atoms with Gasteiger partial charge >= 0.3 is 11.6 Å². The summed E-state index contributed by atoms with van der Waals surface area (Å²) in [6.07, 6.45) is 0. The standard InChI is InChI=1S/C11H8O5/c12-5-7-6-3-1-2-4-8(6)16-11(15)9(7)10(13)14/h1-4,12H,5H2,(H,13,14). The Morgan fingerprint density at radius 2 is 2.00 bits per heavy atom. The van der Waals surface area contributed by atoms with Crippen molar-refractivity contribution in [1.29, 1.82) is 0 Å². The molecule has 0 saturated carbocycles. The van der Waals surface area contributed by atoms with E-state index >= 15 is 0 Å². The molecule has 0 spiro atoms. The second-order valence-corrected chi connectivity index (χ2v) is 3.20. The van der Waals surface area contributed by atoms with Crippen LogP contribution in [-0.4, -0.2) is 16.2 Å². The number of aliphatic hydroxyl groups excluding tert-OH is 1. The zero-order valence-corrected chi connectivity index (χ0v) is 8.14. The van der Waals surface area contributed by atoms with Gasteiger partial charge in [-0.05, 0) is 6.07 Å². The lowest BCUT2D eigenvalue weighted by atomic mass is 10.1. The fraction of sp³-hybridized carbons (Fsp3) is 0.0909. The molecule has 0 aliphatic carbocycles. The Morgan fingerprint density at radius 3 is 2.62 bits per heavy atom. The van der Waals surface area contributed by atoms with Crippen LogP contribution in [0.25, 0.3) is 11.0 Å². The quantitative estimate of drug-likeness (QED) is 0.736. The number of aromatic carboxylic acids is 1. The Kier molecular flexibility index (Phi) is 2.46.